The Bertz CT molecular complexity index is 812. The normalized spacial score (nSPS) is 10.6. The molecule has 0 fully saturated rings. The molecule has 0 radical (unpaired) electrons. The van der Waals surface area contributed by atoms with Gasteiger partial charge < -0.3 is 9.15 Å². The highest BCUT2D eigenvalue weighted by Gasteiger charge is 2.14. The molecule has 0 amide bonds. The summed E-state index contributed by atoms with van der Waals surface area (Å²) >= 11 is 6.93. The van der Waals surface area contributed by atoms with Crippen molar-refractivity contribution < 1.29 is 13.9 Å². The highest BCUT2D eigenvalue weighted by atomic mass is 35.5. The van der Waals surface area contributed by atoms with Crippen LogP contribution >= 0.6 is 22.9 Å². The average molecular weight is 335 g/mol. The molecular weight excluding hydrogens is 324 g/mol. The van der Waals surface area contributed by atoms with Crippen molar-refractivity contribution in [3.63, 3.8) is 0 Å². The molecule has 0 bridgehead atoms. The van der Waals surface area contributed by atoms with Crippen LogP contribution in [0.5, 0.6) is 0 Å². The zero-order chi connectivity index (χ0) is 15.5. The van der Waals surface area contributed by atoms with Crippen LogP contribution in [0.1, 0.15) is 21.1 Å². The van der Waals surface area contributed by atoms with E-state index in [1.165, 1.54) is 0 Å². The van der Waals surface area contributed by atoms with E-state index in [0.29, 0.717) is 15.1 Å². The quantitative estimate of drug-likeness (QED) is 0.671. The maximum Gasteiger partial charge on any atom is 0.348 e. The molecule has 1 aromatic carbocycles. The van der Waals surface area contributed by atoms with Crippen LogP contribution in [0.2, 0.25) is 4.34 Å². The molecule has 3 rings (SSSR count). The van der Waals surface area contributed by atoms with Crippen LogP contribution in [0.3, 0.4) is 0 Å². The van der Waals surface area contributed by atoms with E-state index >= 15 is 0 Å². The van der Waals surface area contributed by atoms with Gasteiger partial charge in [-0.25, -0.2) is 4.79 Å². The van der Waals surface area contributed by atoms with Gasteiger partial charge in [-0.3, -0.25) is 0 Å². The lowest BCUT2D eigenvalue weighted by Crippen LogP contribution is -2.03. The lowest BCUT2D eigenvalue weighted by Gasteiger charge is -1.99. The molecule has 5 nitrogen and oxygen atoms in total. The smallest absolute Gasteiger partial charge is 0.348 e. The molecule has 0 unspecified atom stereocenters. The van der Waals surface area contributed by atoms with Gasteiger partial charge in [-0.05, 0) is 31.2 Å². The fourth-order valence-corrected chi connectivity index (χ4v) is 2.77. The summed E-state index contributed by atoms with van der Waals surface area (Å²) in [6, 6.07) is 11.0. The SMILES string of the molecule is Cc1cccc(-c2nnc(COC(=O)c3ccc(Cl)s3)o2)c1. The lowest BCUT2D eigenvalue weighted by atomic mass is 10.1. The minimum atomic E-state index is -0.466. The van der Waals surface area contributed by atoms with Gasteiger partial charge >= 0.3 is 5.97 Å². The Labute approximate surface area is 135 Å². The minimum Gasteiger partial charge on any atom is -0.451 e. The lowest BCUT2D eigenvalue weighted by molar-refractivity contribution is 0.0444. The first-order valence-electron chi connectivity index (χ1n) is 6.44. The Morgan fingerprint density at radius 1 is 1.32 bits per heavy atom. The topological polar surface area (TPSA) is 65.2 Å². The molecular formula is C15H11ClN2O3S. The summed E-state index contributed by atoms with van der Waals surface area (Å²) in [6.07, 6.45) is 0. The van der Waals surface area contributed by atoms with Crippen molar-refractivity contribution in [2.24, 2.45) is 0 Å². The van der Waals surface area contributed by atoms with Crippen molar-refractivity contribution in [2.75, 3.05) is 0 Å². The largest absolute Gasteiger partial charge is 0.451 e. The van der Waals surface area contributed by atoms with E-state index in [0.717, 1.165) is 22.5 Å². The summed E-state index contributed by atoms with van der Waals surface area (Å²) in [4.78, 5) is 12.2. The molecule has 0 aliphatic carbocycles. The second-order valence-corrected chi connectivity index (χ2v) is 6.27. The van der Waals surface area contributed by atoms with Crippen LogP contribution in [-0.2, 0) is 11.3 Å². The number of nitrogens with zero attached hydrogens (tertiary/aromatic N) is 2. The summed E-state index contributed by atoms with van der Waals surface area (Å²) in [5.41, 5.74) is 1.92. The van der Waals surface area contributed by atoms with Gasteiger partial charge in [-0.15, -0.1) is 21.5 Å². The number of hydrogen-bond acceptors (Lipinski definition) is 6. The van der Waals surface area contributed by atoms with Gasteiger partial charge in [-0.2, -0.15) is 0 Å². The Balaban J connectivity index is 1.66. The number of benzene rings is 1. The van der Waals surface area contributed by atoms with Crippen molar-refractivity contribution in [3.05, 3.63) is 57.1 Å². The number of thiophene rings is 1. The van der Waals surface area contributed by atoms with Gasteiger partial charge in [-0.1, -0.05) is 29.3 Å². The summed E-state index contributed by atoms with van der Waals surface area (Å²) in [5, 5.41) is 7.83. The van der Waals surface area contributed by atoms with Crippen molar-refractivity contribution in [1.82, 2.24) is 10.2 Å². The third-order valence-corrected chi connectivity index (χ3v) is 4.04. The maximum atomic E-state index is 11.8. The van der Waals surface area contributed by atoms with Crippen LogP contribution in [-0.4, -0.2) is 16.2 Å². The predicted molar refractivity (Wildman–Crippen MR) is 82.9 cm³/mol. The summed E-state index contributed by atoms with van der Waals surface area (Å²) in [6.45, 7) is 1.90. The standard InChI is InChI=1S/C15H11ClN2O3S/c1-9-3-2-4-10(7-9)14-18-17-13(21-14)8-20-15(19)11-5-6-12(16)22-11/h2-7H,8H2,1H3. The van der Waals surface area contributed by atoms with Crippen molar-refractivity contribution in [2.45, 2.75) is 13.5 Å². The molecule has 0 saturated carbocycles. The first-order valence-corrected chi connectivity index (χ1v) is 7.63. The number of aromatic nitrogens is 2. The van der Waals surface area contributed by atoms with E-state index in [2.05, 4.69) is 10.2 Å². The van der Waals surface area contributed by atoms with E-state index in [1.807, 2.05) is 31.2 Å². The number of rotatable bonds is 4. The number of esters is 1. The van der Waals surface area contributed by atoms with Gasteiger partial charge in [0, 0.05) is 5.56 Å². The predicted octanol–water partition coefficient (Wildman–Crippen LogP) is 4.12. The summed E-state index contributed by atoms with van der Waals surface area (Å²) < 4.78 is 11.1. The van der Waals surface area contributed by atoms with Gasteiger partial charge in [0.05, 0.1) is 4.34 Å². The molecule has 0 N–H and O–H groups in total. The fraction of sp³-hybridized carbons (Fsp3) is 0.133. The van der Waals surface area contributed by atoms with Crippen molar-refractivity contribution in [1.29, 1.82) is 0 Å². The van der Waals surface area contributed by atoms with E-state index in [1.54, 1.807) is 12.1 Å². The number of aryl methyl sites for hydroxylation is 1. The second-order valence-electron chi connectivity index (χ2n) is 4.55. The summed E-state index contributed by atoms with van der Waals surface area (Å²) in [5.74, 6) is 0.175. The van der Waals surface area contributed by atoms with Crippen LogP contribution < -0.4 is 0 Å². The molecule has 2 aromatic heterocycles. The molecule has 0 saturated heterocycles. The van der Waals surface area contributed by atoms with Gasteiger partial charge in [0.2, 0.25) is 5.89 Å². The number of hydrogen-bond donors (Lipinski definition) is 0. The molecule has 0 aliphatic rings. The first-order chi connectivity index (χ1) is 10.6. The summed E-state index contributed by atoms with van der Waals surface area (Å²) in [7, 11) is 0. The van der Waals surface area contributed by atoms with Gasteiger partial charge in [0.25, 0.3) is 5.89 Å². The molecule has 3 aromatic rings. The highest BCUT2D eigenvalue weighted by molar-refractivity contribution is 7.17. The first kappa shape index (κ1) is 14.7. The maximum absolute atomic E-state index is 11.8. The molecule has 0 atom stereocenters. The molecule has 0 spiro atoms. The second kappa shape index (κ2) is 6.29. The number of ether oxygens (including phenoxy) is 1. The molecule has 0 aliphatic heterocycles. The van der Waals surface area contributed by atoms with E-state index < -0.39 is 5.97 Å². The monoisotopic (exact) mass is 334 g/mol. The van der Waals surface area contributed by atoms with Crippen LogP contribution in [0.25, 0.3) is 11.5 Å². The third-order valence-electron chi connectivity index (χ3n) is 2.83. The molecule has 2 heterocycles. The fourth-order valence-electron chi connectivity index (χ4n) is 1.83. The average Bonchev–Trinajstić information content (AvgIpc) is 3.14. The number of carbonyl (C=O) groups is 1. The highest BCUT2D eigenvalue weighted by Crippen LogP contribution is 2.23. The molecule has 22 heavy (non-hydrogen) atoms. The Morgan fingerprint density at radius 3 is 2.91 bits per heavy atom. The minimum absolute atomic E-state index is 0.0762. The molecule has 7 heteroatoms. The third kappa shape index (κ3) is 3.35. The molecule has 112 valence electrons. The zero-order valence-corrected chi connectivity index (χ0v) is 13.1. The number of carbonyl (C=O) groups excluding carboxylic acids is 1. The van der Waals surface area contributed by atoms with Crippen LogP contribution in [0.4, 0.5) is 0 Å². The Hall–Kier alpha value is -2.18. The van der Waals surface area contributed by atoms with Gasteiger partial charge in [0.1, 0.15) is 4.88 Å². The number of halogens is 1. The van der Waals surface area contributed by atoms with Crippen LogP contribution in [0, 0.1) is 6.92 Å². The van der Waals surface area contributed by atoms with Crippen LogP contribution in [0.15, 0.2) is 40.8 Å². The zero-order valence-electron chi connectivity index (χ0n) is 11.6. The van der Waals surface area contributed by atoms with E-state index in [4.69, 9.17) is 20.8 Å². The van der Waals surface area contributed by atoms with Crippen molar-refractivity contribution in [3.8, 4) is 11.5 Å². The Morgan fingerprint density at radius 2 is 2.18 bits per heavy atom. The van der Waals surface area contributed by atoms with E-state index in [9.17, 15) is 4.79 Å². The van der Waals surface area contributed by atoms with Crippen molar-refractivity contribution >= 4 is 28.9 Å². The Kier molecular flexibility index (Phi) is 4.22. The van der Waals surface area contributed by atoms with Gasteiger partial charge in [0.15, 0.2) is 6.61 Å². The van der Waals surface area contributed by atoms with E-state index in [-0.39, 0.29) is 12.5 Å².